The number of hydrogen-bond donors (Lipinski definition) is 1. The largest absolute Gasteiger partial charge is 0.353 e. The van der Waals surface area contributed by atoms with Gasteiger partial charge in [0.2, 0.25) is 0 Å². The van der Waals surface area contributed by atoms with Gasteiger partial charge in [0, 0.05) is 37.6 Å². The number of piperazine rings is 1. The monoisotopic (exact) mass is 463 g/mol. The van der Waals surface area contributed by atoms with Crippen molar-refractivity contribution in [1.29, 1.82) is 0 Å². The van der Waals surface area contributed by atoms with E-state index in [9.17, 15) is 13.6 Å². The van der Waals surface area contributed by atoms with Gasteiger partial charge in [-0.3, -0.25) is 4.90 Å². The molecule has 174 valence electrons. The van der Waals surface area contributed by atoms with E-state index in [2.05, 4.69) is 39.4 Å². The van der Waals surface area contributed by atoms with E-state index in [0.717, 1.165) is 64.2 Å². The zero-order valence-corrected chi connectivity index (χ0v) is 19.1. The summed E-state index contributed by atoms with van der Waals surface area (Å²) in [6, 6.07) is 8.25. The zero-order valence-electron chi connectivity index (χ0n) is 18.3. The van der Waals surface area contributed by atoms with Gasteiger partial charge in [-0.1, -0.05) is 12.1 Å². The number of amides is 2. The van der Waals surface area contributed by atoms with Gasteiger partial charge in [-0.15, -0.1) is 0 Å². The highest BCUT2D eigenvalue weighted by Crippen LogP contribution is 2.31. The third-order valence-electron chi connectivity index (χ3n) is 7.19. The first-order chi connectivity index (χ1) is 15.5. The molecule has 2 saturated heterocycles. The molecule has 0 atom stereocenters. The Hall–Kier alpha value is -2.00. The Morgan fingerprint density at radius 2 is 1.81 bits per heavy atom. The molecule has 6 nitrogen and oxygen atoms in total. The van der Waals surface area contributed by atoms with Crippen molar-refractivity contribution < 1.29 is 13.6 Å². The number of urea groups is 1. The van der Waals surface area contributed by atoms with Crippen molar-refractivity contribution >= 4 is 33.5 Å². The smallest absolute Gasteiger partial charge is 0.318 e. The third kappa shape index (κ3) is 4.83. The molecule has 9 heteroatoms. The second kappa shape index (κ2) is 9.09. The van der Waals surface area contributed by atoms with Gasteiger partial charge in [0.05, 0.1) is 17.8 Å². The molecule has 1 saturated carbocycles. The van der Waals surface area contributed by atoms with Crippen molar-refractivity contribution in [3.8, 4) is 0 Å². The molecule has 2 aromatic rings. The standard InChI is InChI=1S/C23H31F2N5OS/c24-23(25)15-30(16-23)22(31)26-18-7-5-17(6-8-18)9-10-28-11-13-29(14-12-28)21-19-3-1-2-4-20(19)32-27-21/h1-4,17-18H,5-16H2,(H,26,31). The number of likely N-dealkylation sites (tertiary alicyclic amines) is 1. The van der Waals surface area contributed by atoms with Crippen molar-refractivity contribution in [3.05, 3.63) is 24.3 Å². The number of nitrogens with one attached hydrogen (secondary N) is 1. The molecule has 3 fully saturated rings. The first kappa shape index (κ1) is 21.8. The number of rotatable bonds is 5. The Bertz CT molecular complexity index is 929. The van der Waals surface area contributed by atoms with Gasteiger partial charge in [0.1, 0.15) is 5.82 Å². The van der Waals surface area contributed by atoms with Crippen LogP contribution in [0.4, 0.5) is 19.4 Å². The van der Waals surface area contributed by atoms with Crippen LogP contribution in [0.1, 0.15) is 32.1 Å². The molecule has 3 heterocycles. The molecule has 2 amide bonds. The number of benzene rings is 1. The van der Waals surface area contributed by atoms with Crippen molar-refractivity contribution in [2.75, 3.05) is 50.7 Å². The normalized spacial score (nSPS) is 26.2. The van der Waals surface area contributed by atoms with E-state index < -0.39 is 19.0 Å². The molecule has 3 aliphatic rings. The average molecular weight is 464 g/mol. The summed E-state index contributed by atoms with van der Waals surface area (Å²) in [6.07, 6.45) is 5.30. The third-order valence-corrected chi connectivity index (χ3v) is 8.01. The maximum Gasteiger partial charge on any atom is 0.318 e. The Balaban J connectivity index is 1.00. The first-order valence-corrected chi connectivity index (χ1v) is 12.5. The molecule has 5 rings (SSSR count). The summed E-state index contributed by atoms with van der Waals surface area (Å²) in [5.41, 5.74) is 0. The number of anilines is 1. The molecule has 0 unspecified atom stereocenters. The van der Waals surface area contributed by atoms with Crippen LogP contribution in [0.2, 0.25) is 0 Å². The van der Waals surface area contributed by atoms with Crippen molar-refractivity contribution in [2.45, 2.75) is 44.1 Å². The second-order valence-electron chi connectivity index (χ2n) is 9.50. The number of hydrogen-bond acceptors (Lipinski definition) is 5. The minimum Gasteiger partial charge on any atom is -0.353 e. The Morgan fingerprint density at radius 3 is 2.53 bits per heavy atom. The van der Waals surface area contributed by atoms with Gasteiger partial charge in [0.15, 0.2) is 0 Å². The molecule has 1 aromatic heterocycles. The van der Waals surface area contributed by atoms with Crippen LogP contribution in [0.5, 0.6) is 0 Å². The topological polar surface area (TPSA) is 51.7 Å². The molecule has 0 bridgehead atoms. The number of nitrogens with zero attached hydrogens (tertiary/aromatic N) is 4. The van der Waals surface area contributed by atoms with E-state index in [0.29, 0.717) is 5.92 Å². The van der Waals surface area contributed by atoms with Crippen LogP contribution in [0.25, 0.3) is 10.1 Å². The zero-order chi connectivity index (χ0) is 22.1. The predicted molar refractivity (Wildman–Crippen MR) is 124 cm³/mol. The fourth-order valence-corrected chi connectivity index (χ4v) is 5.96. The van der Waals surface area contributed by atoms with Crippen molar-refractivity contribution in [3.63, 3.8) is 0 Å². The summed E-state index contributed by atoms with van der Waals surface area (Å²) in [7, 11) is 0. The van der Waals surface area contributed by atoms with Gasteiger partial charge in [0.25, 0.3) is 5.92 Å². The van der Waals surface area contributed by atoms with Gasteiger partial charge < -0.3 is 15.1 Å². The van der Waals surface area contributed by atoms with Crippen LogP contribution in [-0.4, -0.2) is 78.0 Å². The molecule has 0 spiro atoms. The first-order valence-electron chi connectivity index (χ1n) is 11.7. The summed E-state index contributed by atoms with van der Waals surface area (Å²) in [4.78, 5) is 18.2. The number of alkyl halides is 2. The molecular weight excluding hydrogens is 432 g/mol. The summed E-state index contributed by atoms with van der Waals surface area (Å²) in [5, 5.41) is 4.21. The van der Waals surface area contributed by atoms with E-state index in [1.165, 1.54) is 21.4 Å². The van der Waals surface area contributed by atoms with E-state index in [4.69, 9.17) is 4.37 Å². The molecular formula is C23H31F2N5OS. The molecule has 1 N–H and O–H groups in total. The molecule has 1 aromatic carbocycles. The maximum atomic E-state index is 12.9. The Morgan fingerprint density at radius 1 is 1.09 bits per heavy atom. The van der Waals surface area contributed by atoms with E-state index in [1.54, 1.807) is 11.5 Å². The lowest BCUT2D eigenvalue weighted by molar-refractivity contribution is -0.110. The van der Waals surface area contributed by atoms with E-state index in [-0.39, 0.29) is 12.1 Å². The highest BCUT2D eigenvalue weighted by Gasteiger charge is 2.46. The number of aromatic nitrogens is 1. The SMILES string of the molecule is O=C(NC1CCC(CCN2CCN(c3nsc4ccccc34)CC2)CC1)N1CC(F)(F)C1. The predicted octanol–water partition coefficient (Wildman–Crippen LogP) is 4.03. The summed E-state index contributed by atoms with van der Waals surface area (Å²) >= 11 is 1.58. The van der Waals surface area contributed by atoms with Crippen LogP contribution in [-0.2, 0) is 0 Å². The lowest BCUT2D eigenvalue weighted by atomic mass is 9.84. The minimum absolute atomic E-state index is 0.129. The van der Waals surface area contributed by atoms with Crippen LogP contribution in [0.15, 0.2) is 24.3 Å². The number of halogens is 2. The second-order valence-corrected chi connectivity index (χ2v) is 10.3. The Labute approximate surface area is 191 Å². The van der Waals surface area contributed by atoms with Crippen molar-refractivity contribution in [2.24, 2.45) is 5.92 Å². The summed E-state index contributed by atoms with van der Waals surface area (Å²) in [5.74, 6) is -0.876. The molecule has 1 aliphatic carbocycles. The van der Waals surface area contributed by atoms with Crippen LogP contribution in [0, 0.1) is 5.92 Å². The fraction of sp³-hybridized carbons (Fsp3) is 0.652. The van der Waals surface area contributed by atoms with E-state index in [1.807, 2.05) is 0 Å². The van der Waals surface area contributed by atoms with Crippen molar-refractivity contribution in [1.82, 2.24) is 19.5 Å². The minimum atomic E-state index is -2.70. The quantitative estimate of drug-likeness (QED) is 0.728. The van der Waals surface area contributed by atoms with Crippen LogP contribution >= 0.6 is 11.5 Å². The summed E-state index contributed by atoms with van der Waals surface area (Å²) in [6.45, 7) is 4.40. The fourth-order valence-electron chi connectivity index (χ4n) is 5.17. The molecule has 0 radical (unpaired) electrons. The highest BCUT2D eigenvalue weighted by molar-refractivity contribution is 7.13. The Kier molecular flexibility index (Phi) is 6.20. The molecule has 2 aliphatic heterocycles. The molecule has 32 heavy (non-hydrogen) atoms. The van der Waals surface area contributed by atoms with Gasteiger partial charge in [-0.2, -0.15) is 4.37 Å². The average Bonchev–Trinajstić information content (AvgIpc) is 3.21. The highest BCUT2D eigenvalue weighted by atomic mass is 32.1. The van der Waals surface area contributed by atoms with Gasteiger partial charge in [-0.05, 0) is 68.2 Å². The maximum absolute atomic E-state index is 12.9. The summed E-state index contributed by atoms with van der Waals surface area (Å²) < 4.78 is 31.8. The number of fused-ring (bicyclic) bond motifs is 1. The van der Waals surface area contributed by atoms with Gasteiger partial charge >= 0.3 is 6.03 Å². The van der Waals surface area contributed by atoms with E-state index >= 15 is 0 Å². The lowest BCUT2D eigenvalue weighted by Crippen LogP contribution is -2.62. The lowest BCUT2D eigenvalue weighted by Gasteiger charge is -2.40. The number of carbonyl (C=O) groups is 1. The van der Waals surface area contributed by atoms with Gasteiger partial charge in [-0.25, -0.2) is 13.6 Å². The number of carbonyl (C=O) groups excluding carboxylic acids is 1. The van der Waals surface area contributed by atoms with Crippen LogP contribution in [0.3, 0.4) is 0 Å². The van der Waals surface area contributed by atoms with Crippen LogP contribution < -0.4 is 10.2 Å².